The molecule has 0 amide bonds. The van der Waals surface area contributed by atoms with Gasteiger partial charge in [0.15, 0.2) is 0 Å². The van der Waals surface area contributed by atoms with Crippen molar-refractivity contribution >= 4 is 5.69 Å². The van der Waals surface area contributed by atoms with Gasteiger partial charge in [0.2, 0.25) is 0 Å². The average molecular weight is 374 g/mol. The van der Waals surface area contributed by atoms with Gasteiger partial charge < -0.3 is 10.6 Å². The van der Waals surface area contributed by atoms with E-state index in [4.69, 9.17) is 0 Å². The summed E-state index contributed by atoms with van der Waals surface area (Å²) in [6.45, 7) is 7.72. The maximum Gasteiger partial charge on any atom is 0.0962 e. The molecule has 1 aliphatic heterocycles. The van der Waals surface area contributed by atoms with Crippen molar-refractivity contribution < 1.29 is 0 Å². The van der Waals surface area contributed by atoms with Crippen LogP contribution < -0.4 is 10.6 Å². The van der Waals surface area contributed by atoms with Crippen LogP contribution in [0.2, 0.25) is 0 Å². The second-order valence-electron chi connectivity index (χ2n) is 7.85. The third-order valence-electron chi connectivity index (χ3n) is 6.06. The van der Waals surface area contributed by atoms with Crippen molar-refractivity contribution in [3.63, 3.8) is 0 Å². The first-order valence-electron chi connectivity index (χ1n) is 10.2. The van der Waals surface area contributed by atoms with Crippen LogP contribution in [0.15, 0.2) is 48.5 Å². The van der Waals surface area contributed by atoms with Gasteiger partial charge in [-0.3, -0.25) is 10.00 Å². The Morgan fingerprint density at radius 3 is 2.68 bits per heavy atom. The van der Waals surface area contributed by atoms with Gasteiger partial charge in [-0.25, -0.2) is 0 Å². The molecule has 5 rings (SSSR count). The lowest BCUT2D eigenvalue weighted by Gasteiger charge is -2.33. The molecule has 0 radical (unpaired) electrons. The lowest BCUT2D eigenvalue weighted by atomic mass is 10.1. The Bertz CT molecular complexity index is 953. The molecule has 2 aliphatic rings. The first-order chi connectivity index (χ1) is 13.8. The van der Waals surface area contributed by atoms with Crippen molar-refractivity contribution in [3.05, 3.63) is 59.7 Å². The van der Waals surface area contributed by atoms with E-state index >= 15 is 0 Å². The smallest absolute Gasteiger partial charge is 0.0962 e. The van der Waals surface area contributed by atoms with Crippen LogP contribution in [0.4, 0.5) is 5.69 Å². The summed E-state index contributed by atoms with van der Waals surface area (Å²) in [5.41, 5.74) is 8.58. The number of hydrogen-bond acceptors (Lipinski definition) is 4. The summed E-state index contributed by atoms with van der Waals surface area (Å²) >= 11 is 0. The highest BCUT2D eigenvalue weighted by Gasteiger charge is 2.24. The number of aromatic amines is 1. The van der Waals surface area contributed by atoms with E-state index < -0.39 is 0 Å². The monoisotopic (exact) mass is 373 g/mol. The molecule has 2 heterocycles. The molecule has 1 atom stereocenters. The van der Waals surface area contributed by atoms with E-state index in [9.17, 15) is 0 Å². The third kappa shape index (κ3) is 3.21. The molecule has 28 heavy (non-hydrogen) atoms. The number of fused-ring (bicyclic) bond motifs is 3. The highest BCUT2D eigenvalue weighted by atomic mass is 15.2. The van der Waals surface area contributed by atoms with Crippen LogP contribution in [0.1, 0.15) is 18.1 Å². The van der Waals surface area contributed by atoms with Gasteiger partial charge in [0, 0.05) is 67.6 Å². The fourth-order valence-corrected chi connectivity index (χ4v) is 4.37. The Balaban J connectivity index is 1.27. The zero-order valence-electron chi connectivity index (χ0n) is 16.3. The summed E-state index contributed by atoms with van der Waals surface area (Å²) in [6.07, 6.45) is 0.958. The normalized spacial score (nSPS) is 17.2. The van der Waals surface area contributed by atoms with Crippen molar-refractivity contribution in [2.45, 2.75) is 19.4 Å². The molecule has 5 heteroatoms. The van der Waals surface area contributed by atoms with E-state index in [1.54, 1.807) is 0 Å². The van der Waals surface area contributed by atoms with Crippen LogP contribution in [0.3, 0.4) is 0 Å². The number of aromatic nitrogens is 2. The van der Waals surface area contributed by atoms with E-state index in [1.165, 1.54) is 33.6 Å². The molecule has 3 N–H and O–H groups in total. The molecule has 1 aliphatic carbocycles. The van der Waals surface area contributed by atoms with Gasteiger partial charge in [-0.1, -0.05) is 36.4 Å². The van der Waals surface area contributed by atoms with Gasteiger partial charge in [-0.05, 0) is 24.6 Å². The van der Waals surface area contributed by atoms with Gasteiger partial charge in [0.25, 0.3) is 0 Å². The fraction of sp³-hybridized carbons (Fsp3) is 0.348. The summed E-state index contributed by atoms with van der Waals surface area (Å²) < 4.78 is 0. The Kier molecular flexibility index (Phi) is 4.63. The van der Waals surface area contributed by atoms with E-state index in [0.29, 0.717) is 6.04 Å². The molecular weight excluding hydrogens is 346 g/mol. The Hall–Kier alpha value is -2.63. The number of piperazine rings is 1. The van der Waals surface area contributed by atoms with Crippen molar-refractivity contribution in [1.29, 1.82) is 0 Å². The van der Waals surface area contributed by atoms with Gasteiger partial charge in [0.05, 0.1) is 11.4 Å². The second kappa shape index (κ2) is 7.41. The zero-order valence-corrected chi connectivity index (χ0v) is 16.3. The number of hydrogen-bond donors (Lipinski definition) is 3. The third-order valence-corrected chi connectivity index (χ3v) is 6.06. The van der Waals surface area contributed by atoms with E-state index in [-0.39, 0.29) is 0 Å². The summed E-state index contributed by atoms with van der Waals surface area (Å²) in [7, 11) is 0. The topological polar surface area (TPSA) is 56.0 Å². The molecule has 2 aromatic carbocycles. The predicted octanol–water partition coefficient (Wildman–Crippen LogP) is 3.35. The Morgan fingerprint density at radius 1 is 1.07 bits per heavy atom. The van der Waals surface area contributed by atoms with E-state index in [0.717, 1.165) is 44.8 Å². The average Bonchev–Trinajstić information content (AvgIpc) is 3.32. The standard InChI is InChI=1S/C23H27N5/c1-16(28-12-10-24-11-13-28)15-25-19-8-6-17(7-9-19)22-21-14-18-4-2-3-5-20(18)23(21)27-26-22/h2-9,16,24-25H,10-15H2,1H3,(H,26,27). The van der Waals surface area contributed by atoms with Gasteiger partial charge in [-0.15, -0.1) is 0 Å². The Morgan fingerprint density at radius 2 is 1.86 bits per heavy atom. The molecule has 1 unspecified atom stereocenters. The first kappa shape index (κ1) is 17.5. The van der Waals surface area contributed by atoms with Crippen LogP contribution in [0, 0.1) is 0 Å². The van der Waals surface area contributed by atoms with Crippen molar-refractivity contribution in [1.82, 2.24) is 20.4 Å². The summed E-state index contributed by atoms with van der Waals surface area (Å²) in [6, 6.07) is 17.8. The van der Waals surface area contributed by atoms with E-state index in [2.05, 4.69) is 81.2 Å². The minimum absolute atomic E-state index is 0.537. The number of H-pyrrole nitrogens is 1. The van der Waals surface area contributed by atoms with Crippen molar-refractivity contribution in [2.75, 3.05) is 38.0 Å². The van der Waals surface area contributed by atoms with Crippen LogP contribution >= 0.6 is 0 Å². The molecule has 0 spiro atoms. The minimum atomic E-state index is 0.537. The summed E-state index contributed by atoms with van der Waals surface area (Å²) in [5, 5.41) is 14.9. The molecular formula is C23H27N5. The zero-order chi connectivity index (χ0) is 18.9. The van der Waals surface area contributed by atoms with E-state index in [1.807, 2.05) is 0 Å². The number of anilines is 1. The van der Waals surface area contributed by atoms with Gasteiger partial charge in [0.1, 0.15) is 0 Å². The minimum Gasteiger partial charge on any atom is -0.383 e. The largest absolute Gasteiger partial charge is 0.383 e. The first-order valence-corrected chi connectivity index (χ1v) is 10.2. The maximum absolute atomic E-state index is 4.61. The lowest BCUT2D eigenvalue weighted by molar-refractivity contribution is 0.191. The fourth-order valence-electron chi connectivity index (χ4n) is 4.37. The van der Waals surface area contributed by atoms with Crippen LogP contribution in [0.5, 0.6) is 0 Å². The summed E-state index contributed by atoms with van der Waals surface area (Å²) in [4.78, 5) is 2.54. The van der Waals surface area contributed by atoms with Gasteiger partial charge >= 0.3 is 0 Å². The van der Waals surface area contributed by atoms with Crippen LogP contribution in [-0.4, -0.2) is 53.9 Å². The number of rotatable bonds is 5. The molecule has 5 nitrogen and oxygen atoms in total. The Labute approximate surface area is 166 Å². The molecule has 3 aromatic rings. The van der Waals surface area contributed by atoms with Crippen LogP contribution in [0.25, 0.3) is 22.5 Å². The molecule has 1 aromatic heterocycles. The van der Waals surface area contributed by atoms with Crippen molar-refractivity contribution in [2.24, 2.45) is 0 Å². The highest BCUT2D eigenvalue weighted by molar-refractivity contribution is 5.81. The van der Waals surface area contributed by atoms with Gasteiger partial charge in [-0.2, -0.15) is 5.10 Å². The summed E-state index contributed by atoms with van der Waals surface area (Å²) in [5.74, 6) is 0. The molecule has 1 fully saturated rings. The molecule has 1 saturated heterocycles. The predicted molar refractivity (Wildman–Crippen MR) is 115 cm³/mol. The lowest BCUT2D eigenvalue weighted by Crippen LogP contribution is -2.49. The molecule has 0 bridgehead atoms. The number of nitrogens with one attached hydrogen (secondary N) is 3. The second-order valence-corrected chi connectivity index (χ2v) is 7.85. The SMILES string of the molecule is CC(CNc1ccc(-c2n[nH]c3c2Cc2ccccc2-3)cc1)N1CCNCC1. The molecule has 144 valence electrons. The number of nitrogens with zero attached hydrogens (tertiary/aromatic N) is 2. The van der Waals surface area contributed by atoms with Crippen LogP contribution in [-0.2, 0) is 6.42 Å². The molecule has 0 saturated carbocycles. The van der Waals surface area contributed by atoms with Crippen molar-refractivity contribution in [3.8, 4) is 22.5 Å². The quantitative estimate of drug-likeness (QED) is 0.502. The maximum atomic E-state index is 4.61. The number of benzene rings is 2. The highest BCUT2D eigenvalue weighted by Crippen LogP contribution is 2.39.